The molecule has 3 heterocycles. The number of aliphatic hydroxyl groups is 1. The molecular weight excluding hydrogens is 515 g/mol. The average Bonchev–Trinajstić information content (AvgIpc) is 3.37. The number of hydrogen-bond donors (Lipinski definition) is 3. The van der Waals surface area contributed by atoms with Crippen molar-refractivity contribution in [2.24, 2.45) is 0 Å². The molecular formula is C29H29FN6O4. The SMILES string of the molecule is COc1ccc(F)cc1C(=O)NCc1ccc(-c2nc(C3=CCN(C(=O)[C@@H](C)O)CC3)c3ccnc(N)n23)cc1. The molecule has 2 amide bonds. The van der Waals surface area contributed by atoms with Gasteiger partial charge in [0.2, 0.25) is 5.95 Å². The van der Waals surface area contributed by atoms with E-state index in [9.17, 15) is 19.1 Å². The van der Waals surface area contributed by atoms with Gasteiger partial charge in [-0.1, -0.05) is 30.3 Å². The van der Waals surface area contributed by atoms with E-state index in [0.29, 0.717) is 25.3 Å². The van der Waals surface area contributed by atoms with Crippen LogP contribution in [-0.2, 0) is 11.3 Å². The summed E-state index contributed by atoms with van der Waals surface area (Å²) in [7, 11) is 1.42. The van der Waals surface area contributed by atoms with Crippen molar-refractivity contribution in [3.05, 3.63) is 83.4 Å². The van der Waals surface area contributed by atoms with Crippen molar-refractivity contribution in [1.82, 2.24) is 24.6 Å². The number of fused-ring (bicyclic) bond motifs is 1. The van der Waals surface area contributed by atoms with E-state index in [1.165, 1.54) is 26.2 Å². The number of ether oxygens (including phenoxy) is 1. The van der Waals surface area contributed by atoms with Gasteiger partial charge in [0, 0.05) is 31.4 Å². The molecule has 4 N–H and O–H groups in total. The number of nitrogens with two attached hydrogens (primary N) is 1. The second-order valence-corrected chi connectivity index (χ2v) is 9.47. The van der Waals surface area contributed by atoms with E-state index in [0.717, 1.165) is 34.0 Å². The van der Waals surface area contributed by atoms with Gasteiger partial charge in [-0.3, -0.25) is 14.0 Å². The third kappa shape index (κ3) is 5.23. The molecule has 2 aromatic heterocycles. The number of benzene rings is 2. The van der Waals surface area contributed by atoms with Gasteiger partial charge in [0.15, 0.2) is 0 Å². The van der Waals surface area contributed by atoms with Gasteiger partial charge in [-0.05, 0) is 48.7 Å². The number of nitrogen functional groups attached to an aromatic ring is 1. The van der Waals surface area contributed by atoms with Crippen LogP contribution in [0.4, 0.5) is 10.3 Å². The molecule has 0 bridgehead atoms. The van der Waals surface area contributed by atoms with Crippen molar-refractivity contribution >= 4 is 28.9 Å². The van der Waals surface area contributed by atoms with Gasteiger partial charge >= 0.3 is 0 Å². The monoisotopic (exact) mass is 544 g/mol. The molecule has 206 valence electrons. The van der Waals surface area contributed by atoms with Crippen molar-refractivity contribution < 1.29 is 23.8 Å². The standard InChI is InChI=1S/C29H29FN6O4/c1-17(37)28(39)35-13-10-19(11-14-35)25-23-9-12-32-29(31)36(23)26(34-25)20-5-3-18(4-6-20)16-33-27(38)22-15-21(30)7-8-24(22)40-2/h3-10,12,15,17,37H,11,13-14,16H2,1-2H3,(H2,31,32)(H,33,38)/t17-/m1/s1. The fourth-order valence-corrected chi connectivity index (χ4v) is 4.75. The van der Waals surface area contributed by atoms with Crippen LogP contribution in [0.2, 0.25) is 0 Å². The van der Waals surface area contributed by atoms with E-state index in [-0.39, 0.29) is 29.7 Å². The highest BCUT2D eigenvalue weighted by atomic mass is 19.1. The quantitative estimate of drug-likeness (QED) is 0.325. The van der Waals surface area contributed by atoms with Crippen LogP contribution < -0.4 is 15.8 Å². The Morgan fingerprint density at radius 1 is 1.20 bits per heavy atom. The van der Waals surface area contributed by atoms with Crippen molar-refractivity contribution in [1.29, 1.82) is 0 Å². The van der Waals surface area contributed by atoms with E-state index in [1.54, 1.807) is 15.5 Å². The molecule has 10 nitrogen and oxygen atoms in total. The summed E-state index contributed by atoms with van der Waals surface area (Å²) in [6, 6.07) is 13.1. The molecule has 11 heteroatoms. The lowest BCUT2D eigenvalue weighted by atomic mass is 10.0. The number of imidazole rings is 1. The number of nitrogens with zero attached hydrogens (tertiary/aromatic N) is 4. The second-order valence-electron chi connectivity index (χ2n) is 9.47. The molecule has 2 aromatic carbocycles. The minimum atomic E-state index is -1.04. The van der Waals surface area contributed by atoms with Gasteiger partial charge in [-0.15, -0.1) is 0 Å². The number of aliphatic hydroxyl groups excluding tert-OH is 1. The maximum atomic E-state index is 13.7. The van der Waals surface area contributed by atoms with E-state index >= 15 is 0 Å². The van der Waals surface area contributed by atoms with Gasteiger partial charge < -0.3 is 25.8 Å². The Bertz CT molecular complexity index is 1610. The van der Waals surface area contributed by atoms with Crippen molar-refractivity contribution in [2.75, 3.05) is 25.9 Å². The summed E-state index contributed by atoms with van der Waals surface area (Å²) in [6.07, 6.45) is 3.13. The van der Waals surface area contributed by atoms with Crippen LogP contribution in [0.5, 0.6) is 5.75 Å². The maximum absolute atomic E-state index is 13.7. The highest BCUT2D eigenvalue weighted by Gasteiger charge is 2.24. The van der Waals surface area contributed by atoms with E-state index in [2.05, 4.69) is 10.3 Å². The van der Waals surface area contributed by atoms with Crippen molar-refractivity contribution in [2.45, 2.75) is 26.0 Å². The highest BCUT2D eigenvalue weighted by molar-refractivity contribution is 5.97. The van der Waals surface area contributed by atoms with Crippen LogP contribution in [0.15, 0.2) is 60.8 Å². The maximum Gasteiger partial charge on any atom is 0.255 e. The number of hydrogen-bond acceptors (Lipinski definition) is 7. The molecule has 1 atom stereocenters. The summed E-state index contributed by atoms with van der Waals surface area (Å²) < 4.78 is 20.6. The third-order valence-electron chi connectivity index (χ3n) is 6.84. The lowest BCUT2D eigenvalue weighted by Gasteiger charge is -2.27. The van der Waals surface area contributed by atoms with Gasteiger partial charge in [0.05, 0.1) is 23.9 Å². The Hall–Kier alpha value is -4.77. The number of aromatic nitrogens is 3. The minimum absolute atomic E-state index is 0.119. The first-order chi connectivity index (χ1) is 19.3. The molecule has 4 aromatic rings. The van der Waals surface area contributed by atoms with E-state index < -0.39 is 17.8 Å². The largest absolute Gasteiger partial charge is 0.496 e. The number of nitrogens with one attached hydrogen (secondary N) is 1. The fourth-order valence-electron chi connectivity index (χ4n) is 4.75. The first-order valence-corrected chi connectivity index (χ1v) is 12.8. The predicted octanol–water partition coefficient (Wildman–Crippen LogP) is 3.05. The molecule has 0 unspecified atom stereocenters. The van der Waals surface area contributed by atoms with Crippen LogP contribution in [0.3, 0.4) is 0 Å². The zero-order valence-corrected chi connectivity index (χ0v) is 22.1. The number of rotatable bonds is 7. The fraction of sp³-hybridized carbons (Fsp3) is 0.241. The molecule has 1 aliphatic rings. The summed E-state index contributed by atoms with van der Waals surface area (Å²) in [5, 5.41) is 12.4. The van der Waals surface area contributed by atoms with Crippen LogP contribution in [-0.4, -0.2) is 62.5 Å². The van der Waals surface area contributed by atoms with Crippen molar-refractivity contribution in [3.63, 3.8) is 0 Å². The summed E-state index contributed by atoms with van der Waals surface area (Å²) in [6.45, 7) is 2.56. The third-order valence-corrected chi connectivity index (χ3v) is 6.84. The first-order valence-electron chi connectivity index (χ1n) is 12.8. The number of carbonyl (C=O) groups excluding carboxylic acids is 2. The van der Waals surface area contributed by atoms with Crippen LogP contribution in [0.25, 0.3) is 22.5 Å². The molecule has 0 spiro atoms. The van der Waals surface area contributed by atoms with Crippen LogP contribution in [0.1, 0.15) is 35.0 Å². The van der Waals surface area contributed by atoms with Gasteiger partial charge in [0.25, 0.3) is 11.8 Å². The smallest absolute Gasteiger partial charge is 0.255 e. The summed E-state index contributed by atoms with van der Waals surface area (Å²) in [5.41, 5.74) is 10.5. The summed E-state index contributed by atoms with van der Waals surface area (Å²) >= 11 is 0. The van der Waals surface area contributed by atoms with E-state index in [1.807, 2.05) is 36.4 Å². The van der Waals surface area contributed by atoms with Crippen LogP contribution >= 0.6 is 0 Å². The zero-order chi connectivity index (χ0) is 28.4. The second kappa shape index (κ2) is 11.1. The van der Waals surface area contributed by atoms with Gasteiger partial charge in [0.1, 0.15) is 23.5 Å². The Kier molecular flexibility index (Phi) is 7.47. The Labute approximate surface area is 229 Å². The van der Waals surface area contributed by atoms with Gasteiger partial charge in [-0.2, -0.15) is 0 Å². The molecule has 0 radical (unpaired) electrons. The summed E-state index contributed by atoms with van der Waals surface area (Å²) in [4.78, 5) is 35.6. The molecule has 0 aliphatic carbocycles. The molecule has 40 heavy (non-hydrogen) atoms. The molecule has 0 fully saturated rings. The number of halogens is 1. The lowest BCUT2D eigenvalue weighted by Crippen LogP contribution is -2.40. The predicted molar refractivity (Wildman–Crippen MR) is 148 cm³/mol. The molecule has 5 rings (SSSR count). The number of methoxy groups -OCH3 is 1. The Morgan fingerprint density at radius 3 is 2.65 bits per heavy atom. The number of amides is 2. The Balaban J connectivity index is 1.38. The number of carbonyl (C=O) groups is 2. The Morgan fingerprint density at radius 2 is 1.98 bits per heavy atom. The molecule has 0 saturated carbocycles. The average molecular weight is 545 g/mol. The topological polar surface area (TPSA) is 135 Å². The summed E-state index contributed by atoms with van der Waals surface area (Å²) in [5.74, 6) is -0.0844. The van der Waals surface area contributed by atoms with Crippen molar-refractivity contribution in [3.8, 4) is 17.1 Å². The molecule has 1 aliphatic heterocycles. The zero-order valence-electron chi connectivity index (χ0n) is 22.1. The van der Waals surface area contributed by atoms with E-state index in [4.69, 9.17) is 15.5 Å². The normalized spacial score (nSPS) is 14.1. The molecule has 0 saturated heterocycles. The first kappa shape index (κ1) is 26.8. The van der Waals surface area contributed by atoms with Crippen LogP contribution in [0, 0.1) is 5.82 Å². The van der Waals surface area contributed by atoms with Gasteiger partial charge in [-0.25, -0.2) is 14.4 Å². The number of anilines is 1. The highest BCUT2D eigenvalue weighted by Crippen LogP contribution is 2.31. The lowest BCUT2D eigenvalue weighted by molar-refractivity contribution is -0.138. The minimum Gasteiger partial charge on any atom is -0.496 e.